The van der Waals surface area contributed by atoms with Crippen molar-refractivity contribution in [1.82, 2.24) is 0 Å². The quantitative estimate of drug-likeness (QED) is 0.868. The maximum Gasteiger partial charge on any atom is 0.125 e. The molecule has 0 aliphatic rings. The lowest BCUT2D eigenvalue weighted by Crippen LogP contribution is -2.00. The lowest BCUT2D eigenvalue weighted by molar-refractivity contribution is 0.296. The first-order valence-electron chi connectivity index (χ1n) is 5.91. The normalized spacial score (nSPS) is 10.3. The Morgan fingerprint density at radius 2 is 1.95 bits per heavy atom. The average Bonchev–Trinajstić information content (AvgIpc) is 2.35. The van der Waals surface area contributed by atoms with Gasteiger partial charge in [0.05, 0.1) is 7.11 Å². The van der Waals surface area contributed by atoms with Crippen LogP contribution in [0.3, 0.4) is 0 Å². The van der Waals surface area contributed by atoms with E-state index in [1.54, 1.807) is 13.2 Å². The molecule has 100 valence electrons. The molecule has 2 aromatic rings. The molecule has 3 nitrogen and oxygen atoms in total. The van der Waals surface area contributed by atoms with E-state index in [-0.39, 0.29) is 0 Å². The summed E-state index contributed by atoms with van der Waals surface area (Å²) in [6.07, 6.45) is 0. The van der Waals surface area contributed by atoms with Gasteiger partial charge < -0.3 is 15.2 Å². The molecule has 0 aliphatic heterocycles. The Morgan fingerprint density at radius 1 is 1.16 bits per heavy atom. The maximum absolute atomic E-state index is 5.77. The van der Waals surface area contributed by atoms with Crippen molar-refractivity contribution in [3.63, 3.8) is 0 Å². The molecule has 4 heteroatoms. The van der Waals surface area contributed by atoms with E-state index >= 15 is 0 Å². The Labute approximate surface area is 121 Å². The van der Waals surface area contributed by atoms with Crippen molar-refractivity contribution < 1.29 is 9.47 Å². The molecule has 0 saturated heterocycles. The standard InChI is InChI=1S/C15H16BrNO2/c1-10-3-4-15(18-2)11(5-10)9-19-14-7-12(16)6-13(17)8-14/h3-8H,9,17H2,1-2H3. The Morgan fingerprint density at radius 3 is 2.63 bits per heavy atom. The summed E-state index contributed by atoms with van der Waals surface area (Å²) in [5.41, 5.74) is 8.63. The molecule has 0 heterocycles. The Balaban J connectivity index is 2.16. The Kier molecular flexibility index (Phi) is 4.32. The molecule has 19 heavy (non-hydrogen) atoms. The van der Waals surface area contributed by atoms with Crippen LogP contribution in [0.15, 0.2) is 40.9 Å². The third kappa shape index (κ3) is 3.64. The summed E-state index contributed by atoms with van der Waals surface area (Å²) in [7, 11) is 1.66. The molecule has 0 aromatic heterocycles. The summed E-state index contributed by atoms with van der Waals surface area (Å²) in [5, 5.41) is 0. The number of rotatable bonds is 4. The molecule has 0 amide bonds. The van der Waals surface area contributed by atoms with Gasteiger partial charge in [0.2, 0.25) is 0 Å². The van der Waals surface area contributed by atoms with Crippen LogP contribution < -0.4 is 15.2 Å². The van der Waals surface area contributed by atoms with Crippen LogP contribution in [0.1, 0.15) is 11.1 Å². The van der Waals surface area contributed by atoms with Crippen molar-refractivity contribution in [2.24, 2.45) is 0 Å². The van der Waals surface area contributed by atoms with Crippen LogP contribution >= 0.6 is 15.9 Å². The van der Waals surface area contributed by atoms with Crippen LogP contribution in [0.5, 0.6) is 11.5 Å². The van der Waals surface area contributed by atoms with E-state index in [1.165, 1.54) is 5.56 Å². The summed E-state index contributed by atoms with van der Waals surface area (Å²) in [5.74, 6) is 1.56. The van der Waals surface area contributed by atoms with Gasteiger partial charge in [-0.3, -0.25) is 0 Å². The fourth-order valence-electron chi connectivity index (χ4n) is 1.85. The van der Waals surface area contributed by atoms with E-state index in [0.717, 1.165) is 21.5 Å². The predicted octanol–water partition coefficient (Wildman–Crippen LogP) is 3.93. The number of hydrogen-bond acceptors (Lipinski definition) is 3. The summed E-state index contributed by atoms with van der Waals surface area (Å²) in [6.45, 7) is 2.49. The van der Waals surface area contributed by atoms with Crippen molar-refractivity contribution >= 4 is 21.6 Å². The Hall–Kier alpha value is -1.68. The van der Waals surface area contributed by atoms with Crippen LogP contribution in [0, 0.1) is 6.92 Å². The zero-order valence-corrected chi connectivity index (χ0v) is 12.5. The summed E-state index contributed by atoms with van der Waals surface area (Å²) < 4.78 is 12.0. The van der Waals surface area contributed by atoms with Gasteiger partial charge >= 0.3 is 0 Å². The van der Waals surface area contributed by atoms with Crippen molar-refractivity contribution in [3.8, 4) is 11.5 Å². The SMILES string of the molecule is COc1ccc(C)cc1COc1cc(N)cc(Br)c1. The largest absolute Gasteiger partial charge is 0.496 e. The highest BCUT2D eigenvalue weighted by Gasteiger charge is 2.05. The maximum atomic E-state index is 5.77. The van der Waals surface area contributed by atoms with E-state index < -0.39 is 0 Å². The molecular weight excluding hydrogens is 306 g/mol. The lowest BCUT2D eigenvalue weighted by Gasteiger charge is -2.11. The van der Waals surface area contributed by atoms with Crippen molar-refractivity contribution in [3.05, 3.63) is 52.0 Å². The second kappa shape index (κ2) is 5.97. The van der Waals surface area contributed by atoms with E-state index in [1.807, 2.05) is 31.2 Å². The molecular formula is C15H16BrNO2. The summed E-state index contributed by atoms with van der Waals surface area (Å²) in [4.78, 5) is 0. The number of nitrogens with two attached hydrogens (primary N) is 1. The van der Waals surface area contributed by atoms with Gasteiger partial charge in [-0.1, -0.05) is 27.6 Å². The summed E-state index contributed by atoms with van der Waals surface area (Å²) >= 11 is 3.39. The number of hydrogen-bond donors (Lipinski definition) is 1. The van der Waals surface area contributed by atoms with Crippen molar-refractivity contribution in [2.45, 2.75) is 13.5 Å². The van der Waals surface area contributed by atoms with Gasteiger partial charge in [0, 0.05) is 21.8 Å². The van der Waals surface area contributed by atoms with Gasteiger partial charge in [0.1, 0.15) is 18.1 Å². The van der Waals surface area contributed by atoms with Crippen molar-refractivity contribution in [1.29, 1.82) is 0 Å². The highest BCUT2D eigenvalue weighted by Crippen LogP contribution is 2.25. The zero-order valence-electron chi connectivity index (χ0n) is 10.9. The molecule has 0 unspecified atom stereocenters. The van der Waals surface area contributed by atoms with E-state index in [9.17, 15) is 0 Å². The molecule has 2 aromatic carbocycles. The molecule has 0 spiro atoms. The van der Waals surface area contributed by atoms with Gasteiger partial charge in [-0.05, 0) is 31.2 Å². The molecule has 0 bridgehead atoms. The molecule has 0 radical (unpaired) electrons. The number of nitrogen functional groups attached to an aromatic ring is 1. The van der Waals surface area contributed by atoms with Crippen LogP contribution in [0.4, 0.5) is 5.69 Å². The number of benzene rings is 2. The number of anilines is 1. The van der Waals surface area contributed by atoms with Crippen molar-refractivity contribution in [2.75, 3.05) is 12.8 Å². The number of methoxy groups -OCH3 is 1. The number of ether oxygens (including phenoxy) is 2. The van der Waals surface area contributed by atoms with Crippen LogP contribution in [0.2, 0.25) is 0 Å². The number of halogens is 1. The Bertz CT molecular complexity index is 564. The van der Waals surface area contributed by atoms with E-state index in [0.29, 0.717) is 12.3 Å². The highest BCUT2D eigenvalue weighted by atomic mass is 79.9. The molecule has 0 aliphatic carbocycles. The third-order valence-corrected chi connectivity index (χ3v) is 3.18. The minimum absolute atomic E-state index is 0.445. The second-order valence-electron chi connectivity index (χ2n) is 4.32. The minimum Gasteiger partial charge on any atom is -0.496 e. The van der Waals surface area contributed by atoms with E-state index in [2.05, 4.69) is 22.0 Å². The van der Waals surface area contributed by atoms with Gasteiger partial charge in [-0.2, -0.15) is 0 Å². The molecule has 2 rings (SSSR count). The van der Waals surface area contributed by atoms with Gasteiger partial charge in [-0.15, -0.1) is 0 Å². The molecule has 2 N–H and O–H groups in total. The van der Waals surface area contributed by atoms with Gasteiger partial charge in [0.25, 0.3) is 0 Å². The monoisotopic (exact) mass is 321 g/mol. The third-order valence-electron chi connectivity index (χ3n) is 2.72. The fourth-order valence-corrected chi connectivity index (χ4v) is 2.34. The van der Waals surface area contributed by atoms with Crippen LogP contribution in [-0.2, 0) is 6.61 Å². The van der Waals surface area contributed by atoms with E-state index in [4.69, 9.17) is 15.2 Å². The topological polar surface area (TPSA) is 44.5 Å². The van der Waals surface area contributed by atoms with Gasteiger partial charge in [0.15, 0.2) is 0 Å². The fraction of sp³-hybridized carbons (Fsp3) is 0.200. The lowest BCUT2D eigenvalue weighted by atomic mass is 10.1. The smallest absolute Gasteiger partial charge is 0.125 e. The first-order valence-corrected chi connectivity index (χ1v) is 6.70. The molecule has 0 saturated carbocycles. The zero-order chi connectivity index (χ0) is 13.8. The minimum atomic E-state index is 0.445. The average molecular weight is 322 g/mol. The first kappa shape index (κ1) is 13.7. The molecule has 0 atom stereocenters. The van der Waals surface area contributed by atoms with Crippen LogP contribution in [0.25, 0.3) is 0 Å². The highest BCUT2D eigenvalue weighted by molar-refractivity contribution is 9.10. The van der Waals surface area contributed by atoms with Crippen LogP contribution in [-0.4, -0.2) is 7.11 Å². The molecule has 0 fully saturated rings. The number of aryl methyl sites for hydroxylation is 1. The first-order chi connectivity index (χ1) is 9.08. The second-order valence-corrected chi connectivity index (χ2v) is 5.24. The van der Waals surface area contributed by atoms with Gasteiger partial charge in [-0.25, -0.2) is 0 Å². The summed E-state index contributed by atoms with van der Waals surface area (Å²) in [6, 6.07) is 11.5. The predicted molar refractivity (Wildman–Crippen MR) is 80.6 cm³/mol.